The van der Waals surface area contributed by atoms with Gasteiger partial charge in [0.15, 0.2) is 0 Å². The number of aryl methyl sites for hydroxylation is 2. The Balaban J connectivity index is 1.29. The Kier molecular flexibility index (Phi) is 6.31. The van der Waals surface area contributed by atoms with Gasteiger partial charge in [-0.3, -0.25) is 9.48 Å². The number of hydrogen-bond acceptors (Lipinski definition) is 7. The molecule has 2 atom stereocenters. The molecule has 9 nitrogen and oxygen atoms in total. The van der Waals surface area contributed by atoms with E-state index in [9.17, 15) is 9.90 Å². The Morgan fingerprint density at radius 2 is 2.06 bits per heavy atom. The topological polar surface area (TPSA) is 115 Å². The van der Waals surface area contributed by atoms with Gasteiger partial charge in [0, 0.05) is 41.5 Å². The number of nitrogens with one attached hydrogen (secondary N) is 1. The maximum absolute atomic E-state index is 11.6. The molecule has 0 radical (unpaired) electrons. The summed E-state index contributed by atoms with van der Waals surface area (Å²) < 4.78 is 7.72. The lowest BCUT2D eigenvalue weighted by Crippen LogP contribution is -2.23. The lowest BCUT2D eigenvalue weighted by Gasteiger charge is -2.23. The average molecular weight is 473 g/mol. The van der Waals surface area contributed by atoms with Crippen molar-refractivity contribution in [3.63, 3.8) is 0 Å². The van der Waals surface area contributed by atoms with Crippen LogP contribution in [0.2, 0.25) is 0 Å². The van der Waals surface area contributed by atoms with Crippen molar-refractivity contribution >= 4 is 22.7 Å². The molecule has 1 aliphatic rings. The number of benzene rings is 1. The van der Waals surface area contributed by atoms with E-state index in [1.165, 1.54) is 5.56 Å². The number of anilines is 1. The predicted molar refractivity (Wildman–Crippen MR) is 132 cm³/mol. The van der Waals surface area contributed by atoms with Crippen LogP contribution in [0.3, 0.4) is 0 Å². The smallest absolute Gasteiger partial charge is 0.305 e. The number of pyridine rings is 1. The number of nitrogens with zero attached hydrogens (tertiary/aromatic N) is 5. The second-order valence-electron chi connectivity index (χ2n) is 8.98. The third kappa shape index (κ3) is 5.08. The summed E-state index contributed by atoms with van der Waals surface area (Å²) >= 11 is 0. The first-order chi connectivity index (χ1) is 17.0. The highest BCUT2D eigenvalue weighted by Crippen LogP contribution is 2.28. The number of carbonyl (C=O) groups is 1. The lowest BCUT2D eigenvalue weighted by molar-refractivity contribution is -0.137. The fourth-order valence-corrected chi connectivity index (χ4v) is 4.40. The van der Waals surface area contributed by atoms with Gasteiger partial charge in [-0.25, -0.2) is 15.0 Å². The molecule has 0 unspecified atom stereocenters. The second-order valence-corrected chi connectivity index (χ2v) is 8.98. The summed E-state index contributed by atoms with van der Waals surface area (Å²) in [5.41, 5.74) is 3.79. The van der Waals surface area contributed by atoms with Crippen molar-refractivity contribution in [1.82, 2.24) is 24.7 Å². The van der Waals surface area contributed by atoms with E-state index in [4.69, 9.17) is 9.72 Å². The van der Waals surface area contributed by atoms with Crippen molar-refractivity contribution in [1.29, 1.82) is 0 Å². The Morgan fingerprint density at radius 1 is 1.23 bits per heavy atom. The maximum atomic E-state index is 11.6. The van der Waals surface area contributed by atoms with Gasteiger partial charge >= 0.3 is 5.97 Å². The van der Waals surface area contributed by atoms with Gasteiger partial charge in [0.2, 0.25) is 0 Å². The van der Waals surface area contributed by atoms with Crippen LogP contribution in [0.25, 0.3) is 10.9 Å². The molecule has 4 aromatic rings. The first-order valence-electron chi connectivity index (χ1n) is 11.8. The van der Waals surface area contributed by atoms with Gasteiger partial charge in [0.1, 0.15) is 17.4 Å². The standard InChI is InChI=1S/C26H28N6O3/c1-16-3-4-18-5-6-21(31-26(18)30-16)9-10-35-22-7-8-23-19(11-22)15-29-32(23)24(12-25(33)34)20-13-27-17(2)28-14-20/h5-8,11,13-16,24H,3-4,9-10,12H2,1-2H3,(H,30,31)(H,33,34)/t16-,24-/m0/s1. The Labute approximate surface area is 203 Å². The maximum Gasteiger partial charge on any atom is 0.305 e. The van der Waals surface area contributed by atoms with Crippen molar-refractivity contribution in [2.45, 2.75) is 51.6 Å². The van der Waals surface area contributed by atoms with E-state index in [-0.39, 0.29) is 6.42 Å². The highest BCUT2D eigenvalue weighted by Gasteiger charge is 2.21. The number of hydrogen-bond donors (Lipinski definition) is 2. The van der Waals surface area contributed by atoms with Gasteiger partial charge in [-0.2, -0.15) is 5.10 Å². The minimum absolute atomic E-state index is 0.122. The molecule has 0 fully saturated rings. The molecule has 2 N–H and O–H groups in total. The zero-order chi connectivity index (χ0) is 24.4. The molecule has 1 aromatic carbocycles. The van der Waals surface area contributed by atoms with E-state index in [0.717, 1.165) is 41.0 Å². The largest absolute Gasteiger partial charge is 0.493 e. The van der Waals surface area contributed by atoms with E-state index in [2.05, 4.69) is 39.4 Å². The summed E-state index contributed by atoms with van der Waals surface area (Å²) in [7, 11) is 0. The third-order valence-corrected chi connectivity index (χ3v) is 6.31. The summed E-state index contributed by atoms with van der Waals surface area (Å²) in [5.74, 6) is 1.44. The summed E-state index contributed by atoms with van der Waals surface area (Å²) in [6.45, 7) is 4.47. The van der Waals surface area contributed by atoms with E-state index < -0.39 is 12.0 Å². The number of carboxylic acids is 1. The predicted octanol–water partition coefficient (Wildman–Crippen LogP) is 3.96. The zero-order valence-corrected chi connectivity index (χ0v) is 19.8. The number of ether oxygens (including phenoxy) is 1. The monoisotopic (exact) mass is 472 g/mol. The normalized spacial score (nSPS) is 15.9. The number of fused-ring (bicyclic) bond motifs is 2. The molecule has 0 amide bonds. The van der Waals surface area contributed by atoms with Crippen LogP contribution in [0.15, 0.2) is 48.9 Å². The summed E-state index contributed by atoms with van der Waals surface area (Å²) in [6, 6.07) is 9.88. The highest BCUT2D eigenvalue weighted by molar-refractivity contribution is 5.81. The fourth-order valence-electron chi connectivity index (χ4n) is 4.40. The molecule has 0 bridgehead atoms. The summed E-state index contributed by atoms with van der Waals surface area (Å²) in [5, 5.41) is 18.3. The Morgan fingerprint density at radius 3 is 2.86 bits per heavy atom. The number of rotatable bonds is 8. The minimum Gasteiger partial charge on any atom is -0.493 e. The molecule has 180 valence electrons. The fraction of sp³-hybridized carbons (Fsp3) is 0.346. The molecule has 5 rings (SSSR count). The zero-order valence-electron chi connectivity index (χ0n) is 19.8. The lowest BCUT2D eigenvalue weighted by atomic mass is 10.0. The van der Waals surface area contributed by atoms with E-state index >= 15 is 0 Å². The third-order valence-electron chi connectivity index (χ3n) is 6.31. The average Bonchev–Trinajstić information content (AvgIpc) is 3.26. The van der Waals surface area contributed by atoms with Crippen LogP contribution in [-0.2, 0) is 17.6 Å². The number of aromatic nitrogens is 5. The molecule has 4 heterocycles. The Hall–Kier alpha value is -4.01. The SMILES string of the molecule is Cc1ncc([C@H](CC(=O)O)n2ncc3cc(OCCc4ccc5c(n4)N[C@@H](C)CC5)ccc32)cn1. The Bertz CT molecular complexity index is 1350. The molecule has 1 aliphatic heterocycles. The number of aliphatic carboxylic acids is 1. The first-order valence-corrected chi connectivity index (χ1v) is 11.8. The van der Waals surface area contributed by atoms with Crippen molar-refractivity contribution in [3.8, 4) is 5.75 Å². The van der Waals surface area contributed by atoms with Crippen molar-refractivity contribution in [3.05, 3.63) is 71.6 Å². The van der Waals surface area contributed by atoms with Gasteiger partial charge in [-0.1, -0.05) is 6.07 Å². The number of carboxylic acid groups (broad SMARTS) is 1. The van der Waals surface area contributed by atoms with Crippen LogP contribution in [0.5, 0.6) is 5.75 Å². The van der Waals surface area contributed by atoms with Crippen molar-refractivity contribution < 1.29 is 14.6 Å². The van der Waals surface area contributed by atoms with Gasteiger partial charge in [-0.15, -0.1) is 0 Å². The van der Waals surface area contributed by atoms with Crippen LogP contribution in [-0.4, -0.2) is 48.5 Å². The van der Waals surface area contributed by atoms with E-state index in [1.54, 1.807) is 30.2 Å². The van der Waals surface area contributed by atoms with Crippen molar-refractivity contribution in [2.75, 3.05) is 11.9 Å². The molecule has 35 heavy (non-hydrogen) atoms. The van der Waals surface area contributed by atoms with E-state index in [1.807, 2.05) is 18.2 Å². The van der Waals surface area contributed by atoms with Crippen LogP contribution in [0.4, 0.5) is 5.82 Å². The molecule has 0 spiro atoms. The van der Waals surface area contributed by atoms with Gasteiger partial charge in [-0.05, 0) is 56.5 Å². The van der Waals surface area contributed by atoms with Crippen LogP contribution in [0.1, 0.15) is 48.5 Å². The molecule has 0 saturated carbocycles. The van der Waals surface area contributed by atoms with Crippen LogP contribution >= 0.6 is 0 Å². The summed E-state index contributed by atoms with van der Waals surface area (Å²) in [6.07, 6.45) is 7.82. The molecule has 0 aliphatic carbocycles. The molecule has 0 saturated heterocycles. The van der Waals surface area contributed by atoms with Crippen LogP contribution < -0.4 is 10.1 Å². The highest BCUT2D eigenvalue weighted by atomic mass is 16.5. The second kappa shape index (κ2) is 9.69. The van der Waals surface area contributed by atoms with Crippen LogP contribution in [0, 0.1) is 6.92 Å². The molecular weight excluding hydrogens is 444 g/mol. The molecular formula is C26H28N6O3. The van der Waals surface area contributed by atoms with Gasteiger partial charge in [0.25, 0.3) is 0 Å². The van der Waals surface area contributed by atoms with E-state index in [0.29, 0.717) is 30.5 Å². The molecule has 9 heteroatoms. The quantitative estimate of drug-likeness (QED) is 0.396. The molecule has 3 aromatic heterocycles. The van der Waals surface area contributed by atoms with Crippen molar-refractivity contribution in [2.24, 2.45) is 0 Å². The summed E-state index contributed by atoms with van der Waals surface area (Å²) in [4.78, 5) is 24.8. The van der Waals surface area contributed by atoms with Gasteiger partial charge in [0.05, 0.1) is 30.8 Å². The van der Waals surface area contributed by atoms with Gasteiger partial charge < -0.3 is 15.2 Å². The first kappa shape index (κ1) is 22.8. The minimum atomic E-state index is -0.917.